The Morgan fingerprint density at radius 3 is 2.54 bits per heavy atom. The summed E-state index contributed by atoms with van der Waals surface area (Å²) in [5, 5.41) is 28.3. The second kappa shape index (κ2) is 6.73. The van der Waals surface area contributed by atoms with Gasteiger partial charge in [0.2, 0.25) is 5.91 Å². The summed E-state index contributed by atoms with van der Waals surface area (Å²) in [6, 6.07) is -1.46. The third kappa shape index (κ3) is 2.94. The van der Waals surface area contributed by atoms with Crippen LogP contribution in [0.1, 0.15) is 32.1 Å². The molecule has 10 nitrogen and oxygen atoms in total. The standard InChI is InChI=1S/C14H21N3O7/c15-7-10(19)16-5-1-4-14(16)6-9(18)17(13(14)24)8(12(22)23)2-3-11(20)21/h8-9,18H,1-7,15H2,(H,20,21)(H,22,23)/t8?,9?,14-/m1/s1. The zero-order valence-corrected chi connectivity index (χ0v) is 13.1. The van der Waals surface area contributed by atoms with Gasteiger partial charge in [-0.1, -0.05) is 0 Å². The average molecular weight is 343 g/mol. The predicted molar refractivity (Wildman–Crippen MR) is 78.5 cm³/mol. The van der Waals surface area contributed by atoms with Gasteiger partial charge in [0, 0.05) is 19.4 Å². The van der Waals surface area contributed by atoms with Crippen LogP contribution in [0.15, 0.2) is 0 Å². The predicted octanol–water partition coefficient (Wildman–Crippen LogP) is -1.82. The van der Waals surface area contributed by atoms with E-state index in [1.807, 2.05) is 0 Å². The summed E-state index contributed by atoms with van der Waals surface area (Å²) >= 11 is 0. The highest BCUT2D eigenvalue weighted by atomic mass is 16.4. The first-order valence-corrected chi connectivity index (χ1v) is 7.70. The highest BCUT2D eigenvalue weighted by molar-refractivity contribution is 5.96. The summed E-state index contributed by atoms with van der Waals surface area (Å²) in [6.07, 6.45) is -1.41. The molecule has 2 heterocycles. The Hall–Kier alpha value is -2.20. The van der Waals surface area contributed by atoms with Crippen LogP contribution in [0.5, 0.6) is 0 Å². The molecular weight excluding hydrogens is 322 g/mol. The highest BCUT2D eigenvalue weighted by Crippen LogP contribution is 2.42. The summed E-state index contributed by atoms with van der Waals surface area (Å²) in [6.45, 7) is 0.0295. The molecule has 2 aliphatic rings. The molecular formula is C14H21N3O7. The van der Waals surface area contributed by atoms with Crippen molar-refractivity contribution in [2.45, 2.75) is 49.9 Å². The fourth-order valence-corrected chi connectivity index (χ4v) is 3.64. The van der Waals surface area contributed by atoms with Gasteiger partial charge in [0.05, 0.1) is 6.54 Å². The number of nitrogens with zero attached hydrogens (tertiary/aromatic N) is 2. The van der Waals surface area contributed by atoms with Crippen molar-refractivity contribution < 1.29 is 34.5 Å². The molecule has 2 fully saturated rings. The number of hydrogen-bond acceptors (Lipinski definition) is 6. The molecule has 5 N–H and O–H groups in total. The first-order chi connectivity index (χ1) is 11.2. The molecule has 0 aromatic heterocycles. The van der Waals surface area contributed by atoms with E-state index in [-0.39, 0.29) is 19.4 Å². The number of amides is 2. The SMILES string of the molecule is NCC(=O)N1CCC[C@]12CC(O)N(C(CCC(=O)O)C(=O)O)C2=O. The van der Waals surface area contributed by atoms with Crippen LogP contribution in [0.2, 0.25) is 0 Å². The molecule has 0 saturated carbocycles. The lowest BCUT2D eigenvalue weighted by atomic mass is 9.93. The van der Waals surface area contributed by atoms with Gasteiger partial charge in [0.15, 0.2) is 0 Å². The molecule has 0 bridgehead atoms. The van der Waals surface area contributed by atoms with Gasteiger partial charge in [0.25, 0.3) is 5.91 Å². The maximum atomic E-state index is 12.9. The van der Waals surface area contributed by atoms with E-state index in [2.05, 4.69) is 0 Å². The molecule has 0 aromatic carbocycles. The molecule has 2 rings (SSSR count). The monoisotopic (exact) mass is 343 g/mol. The molecule has 2 amide bonds. The van der Waals surface area contributed by atoms with Crippen LogP contribution in [-0.2, 0) is 19.2 Å². The van der Waals surface area contributed by atoms with Gasteiger partial charge >= 0.3 is 11.9 Å². The molecule has 10 heteroatoms. The third-order valence-electron chi connectivity index (χ3n) is 4.69. The normalized spacial score (nSPS) is 27.8. The van der Waals surface area contributed by atoms with Gasteiger partial charge in [-0.3, -0.25) is 14.4 Å². The summed E-state index contributed by atoms with van der Waals surface area (Å²) in [5.41, 5.74) is 4.08. The minimum absolute atomic E-state index is 0.103. The Balaban J connectivity index is 2.29. The van der Waals surface area contributed by atoms with E-state index in [0.717, 1.165) is 4.90 Å². The van der Waals surface area contributed by atoms with Crippen molar-refractivity contribution in [1.29, 1.82) is 0 Å². The minimum Gasteiger partial charge on any atom is -0.481 e. The van der Waals surface area contributed by atoms with Gasteiger partial charge in [-0.25, -0.2) is 4.79 Å². The van der Waals surface area contributed by atoms with Crippen LogP contribution >= 0.6 is 0 Å². The number of aliphatic hydroxyl groups is 1. The van der Waals surface area contributed by atoms with Crippen LogP contribution in [0.3, 0.4) is 0 Å². The van der Waals surface area contributed by atoms with E-state index in [0.29, 0.717) is 19.4 Å². The summed E-state index contributed by atoms with van der Waals surface area (Å²) in [7, 11) is 0. The number of likely N-dealkylation sites (tertiary alicyclic amines) is 2. The fourth-order valence-electron chi connectivity index (χ4n) is 3.64. The Morgan fingerprint density at radius 2 is 2.00 bits per heavy atom. The number of carbonyl (C=O) groups is 4. The average Bonchev–Trinajstić information content (AvgIpc) is 3.03. The zero-order chi connectivity index (χ0) is 18.1. The van der Waals surface area contributed by atoms with Crippen LogP contribution < -0.4 is 5.73 Å². The minimum atomic E-state index is -1.46. The number of carboxylic acids is 2. The Kier molecular flexibility index (Phi) is 5.09. The number of carbonyl (C=O) groups excluding carboxylic acids is 2. The van der Waals surface area contributed by atoms with Gasteiger partial charge in [-0.05, 0) is 19.3 Å². The molecule has 1 spiro atoms. The van der Waals surface area contributed by atoms with Gasteiger partial charge in [-0.2, -0.15) is 0 Å². The fraction of sp³-hybridized carbons (Fsp3) is 0.714. The molecule has 24 heavy (non-hydrogen) atoms. The first kappa shape index (κ1) is 18.1. The quantitative estimate of drug-likeness (QED) is 0.438. The van der Waals surface area contributed by atoms with Gasteiger partial charge in [-0.15, -0.1) is 0 Å². The second-order valence-corrected chi connectivity index (χ2v) is 6.07. The lowest BCUT2D eigenvalue weighted by Crippen LogP contribution is -2.56. The van der Waals surface area contributed by atoms with Crippen molar-refractivity contribution in [3.63, 3.8) is 0 Å². The van der Waals surface area contributed by atoms with E-state index in [1.54, 1.807) is 0 Å². The second-order valence-electron chi connectivity index (χ2n) is 6.07. The summed E-state index contributed by atoms with van der Waals surface area (Å²) < 4.78 is 0. The van der Waals surface area contributed by atoms with Crippen LogP contribution in [0, 0.1) is 0 Å². The molecule has 0 radical (unpaired) electrons. The van der Waals surface area contributed by atoms with Crippen molar-refractivity contribution >= 4 is 23.8 Å². The van der Waals surface area contributed by atoms with E-state index >= 15 is 0 Å². The number of aliphatic carboxylic acids is 2. The van der Waals surface area contributed by atoms with Crippen molar-refractivity contribution in [2.75, 3.05) is 13.1 Å². The molecule has 0 aromatic rings. The van der Waals surface area contributed by atoms with E-state index in [9.17, 15) is 29.4 Å². The number of carboxylic acid groups (broad SMARTS) is 2. The first-order valence-electron chi connectivity index (χ1n) is 7.70. The Labute approximate surface area is 137 Å². The van der Waals surface area contributed by atoms with Gasteiger partial charge in [0.1, 0.15) is 17.8 Å². The molecule has 2 aliphatic heterocycles. The van der Waals surface area contributed by atoms with Crippen molar-refractivity contribution in [3.8, 4) is 0 Å². The van der Waals surface area contributed by atoms with E-state index in [1.165, 1.54) is 4.90 Å². The maximum absolute atomic E-state index is 12.9. The van der Waals surface area contributed by atoms with E-state index in [4.69, 9.17) is 10.8 Å². The Morgan fingerprint density at radius 1 is 1.33 bits per heavy atom. The molecule has 0 aliphatic carbocycles. The number of hydrogen-bond donors (Lipinski definition) is 4. The van der Waals surface area contributed by atoms with Crippen LogP contribution in [-0.4, -0.2) is 79.8 Å². The van der Waals surface area contributed by atoms with Crippen molar-refractivity contribution in [2.24, 2.45) is 5.73 Å². The van der Waals surface area contributed by atoms with Crippen molar-refractivity contribution in [3.05, 3.63) is 0 Å². The topological polar surface area (TPSA) is 161 Å². The largest absolute Gasteiger partial charge is 0.481 e. The highest BCUT2D eigenvalue weighted by Gasteiger charge is 2.60. The number of nitrogens with two attached hydrogens (primary N) is 1. The van der Waals surface area contributed by atoms with Crippen LogP contribution in [0.4, 0.5) is 0 Å². The third-order valence-corrected chi connectivity index (χ3v) is 4.69. The molecule has 2 saturated heterocycles. The summed E-state index contributed by atoms with van der Waals surface area (Å²) in [5.74, 6) is -3.69. The maximum Gasteiger partial charge on any atom is 0.326 e. The van der Waals surface area contributed by atoms with Crippen LogP contribution in [0.25, 0.3) is 0 Å². The van der Waals surface area contributed by atoms with Gasteiger partial charge < -0.3 is 30.9 Å². The lowest BCUT2D eigenvalue weighted by Gasteiger charge is -2.34. The number of aliphatic hydroxyl groups excluding tert-OH is 1. The summed E-state index contributed by atoms with van der Waals surface area (Å²) in [4.78, 5) is 49.2. The molecule has 3 atom stereocenters. The smallest absolute Gasteiger partial charge is 0.326 e. The number of rotatable bonds is 6. The molecule has 134 valence electrons. The van der Waals surface area contributed by atoms with Crippen molar-refractivity contribution in [1.82, 2.24) is 9.80 Å². The lowest BCUT2D eigenvalue weighted by molar-refractivity contribution is -0.158. The Bertz CT molecular complexity index is 567. The zero-order valence-electron chi connectivity index (χ0n) is 13.1. The van der Waals surface area contributed by atoms with E-state index < -0.39 is 48.0 Å². The molecule has 2 unspecified atom stereocenters.